The molecule has 1 saturated heterocycles. The Hall–Kier alpha value is -3.19. The molecule has 1 N–H and O–H groups in total. The van der Waals surface area contributed by atoms with Gasteiger partial charge < -0.3 is 14.6 Å². The van der Waals surface area contributed by atoms with E-state index < -0.39 is 0 Å². The highest BCUT2D eigenvalue weighted by Crippen LogP contribution is 2.31. The number of carbonyl (C=O) groups excluding carboxylic acids is 1. The number of para-hydroxylation sites is 1. The van der Waals surface area contributed by atoms with Gasteiger partial charge in [-0.2, -0.15) is 5.10 Å². The number of carbonyl (C=O) groups is 1. The topological polar surface area (TPSA) is 80.2 Å². The predicted molar refractivity (Wildman–Crippen MR) is 114 cm³/mol. The minimum Gasteiger partial charge on any atom is -0.377 e. The number of hydrogen-bond donors (Lipinski definition) is 1. The summed E-state index contributed by atoms with van der Waals surface area (Å²) in [5, 5.41) is 4.73. The number of benzene rings is 1. The Morgan fingerprint density at radius 3 is 2.73 bits per heavy atom. The number of amides is 1. The van der Waals surface area contributed by atoms with Crippen molar-refractivity contribution in [2.75, 3.05) is 19.8 Å². The summed E-state index contributed by atoms with van der Waals surface area (Å²) in [5.74, 6) is -0.157. The number of aromatic nitrogens is 3. The average Bonchev–Trinajstić information content (AvgIpc) is 3.07. The minimum atomic E-state index is -0.258. The van der Waals surface area contributed by atoms with Crippen LogP contribution < -0.4 is 5.56 Å². The molecule has 0 spiro atoms. The molecule has 1 aliphatic rings. The van der Waals surface area contributed by atoms with Gasteiger partial charge in [-0.3, -0.25) is 9.59 Å². The molecule has 0 bridgehead atoms. The first kappa shape index (κ1) is 20.1. The highest BCUT2D eigenvalue weighted by atomic mass is 16.5. The van der Waals surface area contributed by atoms with Crippen LogP contribution in [0.3, 0.4) is 0 Å². The van der Waals surface area contributed by atoms with Gasteiger partial charge in [-0.25, -0.2) is 4.68 Å². The van der Waals surface area contributed by atoms with Crippen molar-refractivity contribution in [3.63, 3.8) is 0 Å². The molecule has 1 aromatic carbocycles. The quantitative estimate of drug-likeness (QED) is 0.722. The molecule has 2 aromatic heterocycles. The zero-order valence-electron chi connectivity index (χ0n) is 17.5. The van der Waals surface area contributed by atoms with E-state index in [0.717, 1.165) is 28.3 Å². The Bertz CT molecular complexity index is 1120. The van der Waals surface area contributed by atoms with E-state index in [4.69, 9.17) is 9.84 Å². The first-order valence-electron chi connectivity index (χ1n) is 10.2. The van der Waals surface area contributed by atoms with Crippen LogP contribution in [0.25, 0.3) is 5.69 Å². The number of hydrogen-bond acceptors (Lipinski definition) is 4. The smallest absolute Gasteiger partial charge is 0.254 e. The van der Waals surface area contributed by atoms with Gasteiger partial charge in [0.05, 0.1) is 30.6 Å². The van der Waals surface area contributed by atoms with E-state index in [9.17, 15) is 9.59 Å². The normalized spacial score (nSPS) is 16.6. The monoisotopic (exact) mass is 406 g/mol. The second-order valence-corrected chi connectivity index (χ2v) is 7.53. The highest BCUT2D eigenvalue weighted by Gasteiger charge is 2.33. The van der Waals surface area contributed by atoms with Gasteiger partial charge in [0, 0.05) is 35.1 Å². The van der Waals surface area contributed by atoms with Gasteiger partial charge in [-0.05, 0) is 38.5 Å². The van der Waals surface area contributed by atoms with Gasteiger partial charge in [0.15, 0.2) is 0 Å². The molecule has 156 valence electrons. The highest BCUT2D eigenvalue weighted by molar-refractivity contribution is 5.94. The maximum atomic E-state index is 13.4. The Morgan fingerprint density at radius 2 is 2.00 bits per heavy atom. The van der Waals surface area contributed by atoms with E-state index in [2.05, 4.69) is 4.98 Å². The van der Waals surface area contributed by atoms with Crippen LogP contribution in [0.4, 0.5) is 0 Å². The third kappa shape index (κ3) is 3.68. The van der Waals surface area contributed by atoms with E-state index in [-0.39, 0.29) is 17.5 Å². The van der Waals surface area contributed by atoms with Gasteiger partial charge in [0.1, 0.15) is 0 Å². The van der Waals surface area contributed by atoms with Crippen molar-refractivity contribution in [1.82, 2.24) is 19.7 Å². The van der Waals surface area contributed by atoms with E-state index >= 15 is 0 Å². The summed E-state index contributed by atoms with van der Waals surface area (Å²) in [6, 6.07) is 12.8. The molecular formula is C23H26N4O3. The number of morpholine rings is 1. The van der Waals surface area contributed by atoms with Crippen LogP contribution in [0.15, 0.2) is 47.3 Å². The Morgan fingerprint density at radius 1 is 1.23 bits per heavy atom. The van der Waals surface area contributed by atoms with Crippen LogP contribution in [0.2, 0.25) is 0 Å². The summed E-state index contributed by atoms with van der Waals surface area (Å²) in [6.07, 6.45) is 0.658. The van der Waals surface area contributed by atoms with Crippen molar-refractivity contribution < 1.29 is 9.53 Å². The maximum Gasteiger partial charge on any atom is 0.254 e. The van der Waals surface area contributed by atoms with Gasteiger partial charge >= 0.3 is 0 Å². The number of ether oxygens (including phenoxy) is 1. The molecule has 3 aromatic rings. The molecule has 3 heterocycles. The largest absolute Gasteiger partial charge is 0.377 e. The van der Waals surface area contributed by atoms with Crippen LogP contribution >= 0.6 is 0 Å². The van der Waals surface area contributed by atoms with Crippen LogP contribution in [-0.2, 0) is 11.2 Å². The summed E-state index contributed by atoms with van der Waals surface area (Å²) >= 11 is 0. The molecule has 1 atom stereocenters. The predicted octanol–water partition coefficient (Wildman–Crippen LogP) is 2.95. The first-order chi connectivity index (χ1) is 14.5. The van der Waals surface area contributed by atoms with E-state index in [1.54, 1.807) is 6.07 Å². The fourth-order valence-corrected chi connectivity index (χ4v) is 4.12. The fraction of sp³-hybridized carbons (Fsp3) is 0.348. The zero-order chi connectivity index (χ0) is 21.3. The molecule has 0 aliphatic carbocycles. The molecule has 30 heavy (non-hydrogen) atoms. The molecule has 7 nitrogen and oxygen atoms in total. The molecule has 1 aliphatic heterocycles. The number of nitrogens with one attached hydrogen (secondary N) is 1. The number of H-pyrrole nitrogens is 1. The lowest BCUT2D eigenvalue weighted by atomic mass is 10.0. The summed E-state index contributed by atoms with van der Waals surface area (Å²) in [7, 11) is 0. The Labute approximate surface area is 175 Å². The zero-order valence-corrected chi connectivity index (χ0v) is 17.5. The fourth-order valence-electron chi connectivity index (χ4n) is 4.12. The lowest BCUT2D eigenvalue weighted by molar-refractivity contribution is -0.00305. The molecule has 4 rings (SSSR count). The van der Waals surface area contributed by atoms with Crippen molar-refractivity contribution in [3.8, 4) is 5.69 Å². The second kappa shape index (κ2) is 8.28. The standard InChI is InChI=1S/C23H26N4O3/c1-4-18-12-17(13-21(28)24-18)23(29)26-10-11-30-14-20(26)22-15(2)25-27(16(22)3)19-8-6-5-7-9-19/h5-9,12-13,20H,4,10-11,14H2,1-3H3,(H,24,28). The number of nitrogens with zero attached hydrogens (tertiary/aromatic N) is 3. The molecule has 0 saturated carbocycles. The number of rotatable bonds is 4. The van der Waals surface area contributed by atoms with Gasteiger partial charge in [-0.15, -0.1) is 0 Å². The summed E-state index contributed by atoms with van der Waals surface area (Å²) in [5.41, 5.74) is 4.71. The Kier molecular flexibility index (Phi) is 5.55. The summed E-state index contributed by atoms with van der Waals surface area (Å²) < 4.78 is 7.65. The van der Waals surface area contributed by atoms with Crippen molar-refractivity contribution in [1.29, 1.82) is 0 Å². The number of aryl methyl sites for hydroxylation is 2. The van der Waals surface area contributed by atoms with Gasteiger partial charge in [0.2, 0.25) is 5.56 Å². The van der Waals surface area contributed by atoms with Gasteiger partial charge in [-0.1, -0.05) is 25.1 Å². The van der Waals surface area contributed by atoms with Gasteiger partial charge in [0.25, 0.3) is 5.91 Å². The molecular weight excluding hydrogens is 380 g/mol. The molecule has 1 fully saturated rings. The first-order valence-corrected chi connectivity index (χ1v) is 10.2. The average molecular weight is 406 g/mol. The second-order valence-electron chi connectivity index (χ2n) is 7.53. The minimum absolute atomic E-state index is 0.157. The third-order valence-electron chi connectivity index (χ3n) is 5.60. The number of aromatic amines is 1. The lowest BCUT2D eigenvalue weighted by Crippen LogP contribution is -2.44. The van der Waals surface area contributed by atoms with E-state index in [0.29, 0.717) is 31.7 Å². The van der Waals surface area contributed by atoms with Crippen molar-refractivity contribution >= 4 is 5.91 Å². The van der Waals surface area contributed by atoms with Crippen LogP contribution in [0.5, 0.6) is 0 Å². The molecule has 1 unspecified atom stereocenters. The summed E-state index contributed by atoms with van der Waals surface area (Å²) in [6.45, 7) is 7.26. The van der Waals surface area contributed by atoms with E-state index in [1.165, 1.54) is 6.07 Å². The molecule has 7 heteroatoms. The van der Waals surface area contributed by atoms with Crippen molar-refractivity contribution in [2.24, 2.45) is 0 Å². The van der Waals surface area contributed by atoms with Crippen LogP contribution in [0, 0.1) is 13.8 Å². The lowest BCUT2D eigenvalue weighted by Gasteiger charge is -2.36. The van der Waals surface area contributed by atoms with E-state index in [1.807, 2.05) is 60.7 Å². The van der Waals surface area contributed by atoms with Crippen molar-refractivity contribution in [2.45, 2.75) is 33.2 Å². The summed E-state index contributed by atoms with van der Waals surface area (Å²) in [4.78, 5) is 30.0. The van der Waals surface area contributed by atoms with Crippen LogP contribution in [0.1, 0.15) is 46.0 Å². The van der Waals surface area contributed by atoms with Crippen LogP contribution in [-0.4, -0.2) is 45.3 Å². The molecule has 1 amide bonds. The van der Waals surface area contributed by atoms with Crippen molar-refractivity contribution in [3.05, 3.63) is 81.0 Å². The maximum absolute atomic E-state index is 13.4. The third-order valence-corrected chi connectivity index (χ3v) is 5.60. The number of pyridine rings is 1. The SMILES string of the molecule is CCc1cc(C(=O)N2CCOCC2c2c(C)nn(-c3ccccc3)c2C)cc(=O)[nH]1. The Balaban J connectivity index is 1.73. The molecule has 0 radical (unpaired) electrons.